The molecule has 0 amide bonds. The van der Waals surface area contributed by atoms with E-state index in [9.17, 15) is 4.39 Å². The van der Waals surface area contributed by atoms with Crippen molar-refractivity contribution in [2.24, 2.45) is 4.99 Å². The smallest absolute Gasteiger partial charge is 0.191 e. The highest BCUT2D eigenvalue weighted by atomic mass is 127. The van der Waals surface area contributed by atoms with Gasteiger partial charge in [-0.05, 0) is 61.9 Å². The number of guanidine groups is 1. The molecule has 0 bridgehead atoms. The molecule has 0 radical (unpaired) electrons. The quantitative estimate of drug-likeness (QED) is 0.357. The molecule has 2 aromatic rings. The summed E-state index contributed by atoms with van der Waals surface area (Å²) in [6.45, 7) is 6.33. The molecular weight excluding hydrogens is 454 g/mol. The Morgan fingerprint density at radius 2 is 2.00 bits per heavy atom. The van der Waals surface area contributed by atoms with Crippen LogP contribution < -0.4 is 10.6 Å². The Hall–Kier alpha value is -1.70. The van der Waals surface area contributed by atoms with Gasteiger partial charge in [-0.1, -0.05) is 18.2 Å². The minimum Gasteiger partial charge on any atom is -0.357 e. The van der Waals surface area contributed by atoms with E-state index in [1.165, 1.54) is 11.1 Å². The van der Waals surface area contributed by atoms with Crippen LogP contribution in [0.5, 0.6) is 0 Å². The number of hydrogen-bond donors (Lipinski definition) is 2. The van der Waals surface area contributed by atoms with Crippen molar-refractivity contribution < 1.29 is 4.39 Å². The molecule has 3 rings (SSSR count). The zero-order chi connectivity index (χ0) is 18.4. The minimum absolute atomic E-state index is 0. The number of halogens is 2. The molecule has 4 nitrogen and oxygen atoms in total. The van der Waals surface area contributed by atoms with Crippen LogP contribution in [0.2, 0.25) is 0 Å². The summed E-state index contributed by atoms with van der Waals surface area (Å²) in [6, 6.07) is 9.14. The summed E-state index contributed by atoms with van der Waals surface area (Å²) in [5, 5.41) is 6.67. The number of rotatable bonds is 7. The van der Waals surface area contributed by atoms with Crippen molar-refractivity contribution in [1.29, 1.82) is 0 Å². The molecule has 0 unspecified atom stereocenters. The Balaban J connectivity index is 0.00000261. The molecule has 1 aromatic carbocycles. The Morgan fingerprint density at radius 1 is 1.22 bits per heavy atom. The van der Waals surface area contributed by atoms with E-state index in [2.05, 4.69) is 28.6 Å². The molecule has 0 saturated heterocycles. The van der Waals surface area contributed by atoms with E-state index in [0.29, 0.717) is 6.54 Å². The standard InChI is InChI=1S/C21H27FN4.HI/c1-3-24-20(25-13-9-17-8-12-23-14-16(17)2)26-15-21(10-11-21)18-6-4-5-7-19(18)22;/h4-8,12,14H,3,9-11,13,15H2,1-2H3,(H2,24,25,26);1H. The Bertz CT molecular complexity index is 774. The van der Waals surface area contributed by atoms with Gasteiger partial charge in [0.15, 0.2) is 5.96 Å². The molecular formula is C21H28FIN4. The van der Waals surface area contributed by atoms with E-state index in [1.54, 1.807) is 12.1 Å². The van der Waals surface area contributed by atoms with E-state index < -0.39 is 0 Å². The summed E-state index contributed by atoms with van der Waals surface area (Å²) < 4.78 is 14.1. The van der Waals surface area contributed by atoms with Crippen molar-refractivity contribution >= 4 is 29.9 Å². The molecule has 2 N–H and O–H groups in total. The lowest BCUT2D eigenvalue weighted by Gasteiger charge is -2.16. The maximum atomic E-state index is 14.1. The summed E-state index contributed by atoms with van der Waals surface area (Å²) in [7, 11) is 0. The SMILES string of the molecule is CCNC(=NCC1(c2ccccc2F)CC1)NCCc1ccncc1C.I. The average molecular weight is 482 g/mol. The Morgan fingerprint density at radius 3 is 2.67 bits per heavy atom. The summed E-state index contributed by atoms with van der Waals surface area (Å²) >= 11 is 0. The third-order valence-electron chi connectivity index (χ3n) is 5.01. The first-order chi connectivity index (χ1) is 12.6. The van der Waals surface area contributed by atoms with Crippen molar-refractivity contribution in [2.45, 2.75) is 38.5 Å². The lowest BCUT2D eigenvalue weighted by molar-refractivity contribution is 0.572. The van der Waals surface area contributed by atoms with Crippen LogP contribution in [0.3, 0.4) is 0 Å². The first-order valence-corrected chi connectivity index (χ1v) is 9.31. The maximum Gasteiger partial charge on any atom is 0.191 e. The molecule has 0 spiro atoms. The van der Waals surface area contributed by atoms with E-state index >= 15 is 0 Å². The molecule has 1 aromatic heterocycles. The molecule has 146 valence electrons. The molecule has 6 heteroatoms. The third-order valence-corrected chi connectivity index (χ3v) is 5.01. The number of nitrogens with one attached hydrogen (secondary N) is 2. The fraction of sp³-hybridized carbons (Fsp3) is 0.429. The molecule has 1 aliphatic carbocycles. The second-order valence-electron chi connectivity index (χ2n) is 6.93. The van der Waals surface area contributed by atoms with E-state index in [1.807, 2.05) is 31.5 Å². The van der Waals surface area contributed by atoms with Gasteiger partial charge in [0.1, 0.15) is 5.82 Å². The normalized spacial score (nSPS) is 15.0. The summed E-state index contributed by atoms with van der Waals surface area (Å²) in [5.74, 6) is 0.674. The monoisotopic (exact) mass is 482 g/mol. The van der Waals surface area contributed by atoms with Crippen LogP contribution in [-0.2, 0) is 11.8 Å². The van der Waals surface area contributed by atoms with Crippen LogP contribution in [0.1, 0.15) is 36.5 Å². The number of aliphatic imine (C=N–C) groups is 1. The van der Waals surface area contributed by atoms with Crippen molar-refractivity contribution in [3.63, 3.8) is 0 Å². The Kier molecular flexibility index (Phi) is 8.01. The molecule has 1 fully saturated rings. The van der Waals surface area contributed by atoms with Crippen LogP contribution in [-0.4, -0.2) is 30.6 Å². The van der Waals surface area contributed by atoms with Gasteiger partial charge >= 0.3 is 0 Å². The highest BCUT2D eigenvalue weighted by molar-refractivity contribution is 14.0. The van der Waals surface area contributed by atoms with Gasteiger partial charge < -0.3 is 10.6 Å². The van der Waals surface area contributed by atoms with Gasteiger partial charge in [0.2, 0.25) is 0 Å². The zero-order valence-corrected chi connectivity index (χ0v) is 18.3. The lowest BCUT2D eigenvalue weighted by atomic mass is 9.95. The molecule has 1 saturated carbocycles. The van der Waals surface area contributed by atoms with Crippen molar-refractivity contribution in [1.82, 2.24) is 15.6 Å². The fourth-order valence-corrected chi connectivity index (χ4v) is 3.23. The molecule has 0 aliphatic heterocycles. The van der Waals surface area contributed by atoms with Gasteiger partial charge in [-0.3, -0.25) is 9.98 Å². The van der Waals surface area contributed by atoms with Crippen LogP contribution >= 0.6 is 24.0 Å². The lowest BCUT2D eigenvalue weighted by Crippen LogP contribution is -2.39. The second-order valence-corrected chi connectivity index (χ2v) is 6.93. The van der Waals surface area contributed by atoms with Crippen LogP contribution in [0.15, 0.2) is 47.7 Å². The summed E-state index contributed by atoms with van der Waals surface area (Å²) in [5.41, 5.74) is 3.16. The van der Waals surface area contributed by atoms with Gasteiger partial charge in [0.05, 0.1) is 6.54 Å². The molecule has 1 aliphatic rings. The van der Waals surface area contributed by atoms with Crippen LogP contribution in [0, 0.1) is 12.7 Å². The molecule has 1 heterocycles. The van der Waals surface area contributed by atoms with Gasteiger partial charge in [-0.15, -0.1) is 24.0 Å². The number of pyridine rings is 1. The van der Waals surface area contributed by atoms with Crippen molar-refractivity contribution in [2.75, 3.05) is 19.6 Å². The topological polar surface area (TPSA) is 49.3 Å². The number of nitrogens with zero attached hydrogens (tertiary/aromatic N) is 2. The highest BCUT2D eigenvalue weighted by Crippen LogP contribution is 2.49. The predicted molar refractivity (Wildman–Crippen MR) is 119 cm³/mol. The second kappa shape index (κ2) is 10.0. The predicted octanol–water partition coefficient (Wildman–Crippen LogP) is 3.98. The van der Waals surface area contributed by atoms with Crippen LogP contribution in [0.25, 0.3) is 0 Å². The Labute approximate surface area is 178 Å². The summed E-state index contributed by atoms with van der Waals surface area (Å²) in [4.78, 5) is 8.86. The molecule has 27 heavy (non-hydrogen) atoms. The van der Waals surface area contributed by atoms with Gasteiger partial charge in [0.25, 0.3) is 0 Å². The number of aromatic nitrogens is 1. The first kappa shape index (κ1) is 21.6. The highest BCUT2D eigenvalue weighted by Gasteiger charge is 2.45. The fourth-order valence-electron chi connectivity index (χ4n) is 3.23. The largest absolute Gasteiger partial charge is 0.357 e. The van der Waals surface area contributed by atoms with E-state index in [4.69, 9.17) is 4.99 Å². The van der Waals surface area contributed by atoms with E-state index in [0.717, 1.165) is 43.9 Å². The summed E-state index contributed by atoms with van der Waals surface area (Å²) in [6.07, 6.45) is 6.62. The molecule has 0 atom stereocenters. The van der Waals surface area contributed by atoms with Crippen molar-refractivity contribution in [3.8, 4) is 0 Å². The number of hydrogen-bond acceptors (Lipinski definition) is 2. The van der Waals surface area contributed by atoms with Crippen LogP contribution in [0.4, 0.5) is 4.39 Å². The van der Waals surface area contributed by atoms with Gasteiger partial charge in [-0.25, -0.2) is 4.39 Å². The zero-order valence-electron chi connectivity index (χ0n) is 16.0. The van der Waals surface area contributed by atoms with E-state index in [-0.39, 0.29) is 35.2 Å². The number of aryl methyl sites for hydroxylation is 1. The maximum absolute atomic E-state index is 14.1. The third kappa shape index (κ3) is 5.64. The van der Waals surface area contributed by atoms with Gasteiger partial charge in [0, 0.05) is 30.9 Å². The minimum atomic E-state index is -0.130. The number of benzene rings is 1. The first-order valence-electron chi connectivity index (χ1n) is 9.31. The average Bonchev–Trinajstić information content (AvgIpc) is 3.42. The van der Waals surface area contributed by atoms with Gasteiger partial charge in [-0.2, -0.15) is 0 Å². The van der Waals surface area contributed by atoms with Crippen molar-refractivity contribution in [3.05, 3.63) is 65.2 Å².